The molecule has 1 aliphatic heterocycles. The molecule has 2 fully saturated rings. The number of rotatable bonds is 7. The van der Waals surface area contributed by atoms with Crippen LogP contribution in [0.4, 0.5) is 0 Å². The van der Waals surface area contributed by atoms with Crippen molar-refractivity contribution in [1.82, 2.24) is 9.80 Å². The molecule has 1 saturated heterocycles. The van der Waals surface area contributed by atoms with E-state index in [9.17, 15) is 9.90 Å². The Bertz CT molecular complexity index is 1140. The van der Waals surface area contributed by atoms with E-state index in [4.69, 9.17) is 4.74 Å². The first-order valence-electron chi connectivity index (χ1n) is 12.0. The lowest BCUT2D eigenvalue weighted by molar-refractivity contribution is 0.0407. The number of aliphatic hydroxyl groups excluding tert-OH is 1. The molecule has 1 aliphatic carbocycles. The van der Waals surface area contributed by atoms with Gasteiger partial charge in [0.1, 0.15) is 5.75 Å². The van der Waals surface area contributed by atoms with E-state index in [1.165, 1.54) is 12.8 Å². The van der Waals surface area contributed by atoms with Gasteiger partial charge in [-0.25, -0.2) is 0 Å². The molecule has 1 heterocycles. The van der Waals surface area contributed by atoms with Crippen molar-refractivity contribution in [2.45, 2.75) is 25.3 Å². The summed E-state index contributed by atoms with van der Waals surface area (Å²) in [4.78, 5) is 17.8. The lowest BCUT2D eigenvalue weighted by Crippen LogP contribution is -2.55. The standard InChI is InChI=1S/C28H32N2O3/c1-33-27-4-2-3-21(17-27)22-7-8-24-16-25(10-9-23(24)15-22)28(32)30-13-12-29(18-20-5-6-20)26(19-30)11-14-31/h2-4,7-10,15-17,20,26,31H,5-6,11-14,18-19H2,1H3. The van der Waals surface area contributed by atoms with Gasteiger partial charge in [-0.1, -0.05) is 30.3 Å². The number of ether oxygens (including phenoxy) is 1. The molecular weight excluding hydrogens is 412 g/mol. The molecular formula is C28H32N2O3. The Morgan fingerprint density at radius 1 is 1.00 bits per heavy atom. The molecule has 1 unspecified atom stereocenters. The van der Waals surface area contributed by atoms with Crippen molar-refractivity contribution >= 4 is 16.7 Å². The molecule has 0 radical (unpaired) electrons. The number of benzene rings is 3. The molecule has 2 aliphatic rings. The quantitative estimate of drug-likeness (QED) is 0.586. The SMILES string of the molecule is COc1cccc(-c2ccc3cc(C(=O)N4CCN(CC5CC5)C(CCO)C4)ccc3c2)c1. The first kappa shape index (κ1) is 21.9. The Kier molecular flexibility index (Phi) is 6.34. The third-order valence-electron chi connectivity index (χ3n) is 7.03. The van der Waals surface area contributed by atoms with Crippen LogP contribution in [0.1, 0.15) is 29.6 Å². The zero-order valence-corrected chi connectivity index (χ0v) is 19.2. The predicted molar refractivity (Wildman–Crippen MR) is 132 cm³/mol. The number of nitrogens with zero attached hydrogens (tertiary/aromatic N) is 2. The Morgan fingerprint density at radius 3 is 2.58 bits per heavy atom. The number of carbonyl (C=O) groups excluding carboxylic acids is 1. The topological polar surface area (TPSA) is 53.0 Å². The van der Waals surface area contributed by atoms with Crippen molar-refractivity contribution in [1.29, 1.82) is 0 Å². The van der Waals surface area contributed by atoms with E-state index in [1.807, 2.05) is 41.3 Å². The largest absolute Gasteiger partial charge is 0.497 e. The minimum atomic E-state index is 0.0859. The van der Waals surface area contributed by atoms with Crippen LogP contribution in [-0.4, -0.2) is 66.8 Å². The van der Waals surface area contributed by atoms with E-state index in [2.05, 4.69) is 29.2 Å². The van der Waals surface area contributed by atoms with Crippen LogP contribution < -0.4 is 4.74 Å². The van der Waals surface area contributed by atoms with Crippen LogP contribution in [0.25, 0.3) is 21.9 Å². The maximum Gasteiger partial charge on any atom is 0.253 e. The highest BCUT2D eigenvalue weighted by molar-refractivity contribution is 5.99. The van der Waals surface area contributed by atoms with Gasteiger partial charge in [0.2, 0.25) is 0 Å². The van der Waals surface area contributed by atoms with Crippen molar-refractivity contribution in [3.05, 3.63) is 66.2 Å². The van der Waals surface area contributed by atoms with Gasteiger partial charge in [-0.05, 0) is 77.4 Å². The molecule has 5 heteroatoms. The smallest absolute Gasteiger partial charge is 0.253 e. The second kappa shape index (κ2) is 9.54. The van der Waals surface area contributed by atoms with Crippen LogP contribution in [0.15, 0.2) is 60.7 Å². The number of fused-ring (bicyclic) bond motifs is 1. The summed E-state index contributed by atoms with van der Waals surface area (Å²) in [7, 11) is 1.68. The molecule has 0 aromatic heterocycles. The molecule has 5 rings (SSSR count). The van der Waals surface area contributed by atoms with E-state index in [-0.39, 0.29) is 18.6 Å². The van der Waals surface area contributed by atoms with Crippen molar-refractivity contribution in [3.8, 4) is 16.9 Å². The van der Waals surface area contributed by atoms with Crippen LogP contribution in [0.2, 0.25) is 0 Å². The molecule has 0 spiro atoms. The second-order valence-corrected chi connectivity index (χ2v) is 9.36. The van der Waals surface area contributed by atoms with Crippen LogP contribution in [0.3, 0.4) is 0 Å². The predicted octanol–water partition coefficient (Wildman–Crippen LogP) is 4.43. The molecule has 1 saturated carbocycles. The van der Waals surface area contributed by atoms with Gasteiger partial charge in [0.15, 0.2) is 0 Å². The molecule has 3 aromatic carbocycles. The molecule has 3 aromatic rings. The van der Waals surface area contributed by atoms with Gasteiger partial charge in [-0.15, -0.1) is 0 Å². The van der Waals surface area contributed by atoms with Gasteiger partial charge < -0.3 is 14.7 Å². The van der Waals surface area contributed by atoms with Crippen LogP contribution in [0, 0.1) is 5.92 Å². The zero-order valence-electron chi connectivity index (χ0n) is 19.2. The highest BCUT2D eigenvalue weighted by Gasteiger charge is 2.33. The minimum absolute atomic E-state index is 0.0859. The van der Waals surface area contributed by atoms with Crippen molar-refractivity contribution < 1.29 is 14.6 Å². The fourth-order valence-corrected chi connectivity index (χ4v) is 4.92. The van der Waals surface area contributed by atoms with Gasteiger partial charge in [0.25, 0.3) is 5.91 Å². The summed E-state index contributed by atoms with van der Waals surface area (Å²) in [5, 5.41) is 11.7. The summed E-state index contributed by atoms with van der Waals surface area (Å²) in [6.45, 7) is 3.61. The van der Waals surface area contributed by atoms with E-state index in [1.54, 1.807) is 7.11 Å². The molecule has 1 N–H and O–H groups in total. The molecule has 1 atom stereocenters. The summed E-state index contributed by atoms with van der Waals surface area (Å²) < 4.78 is 5.36. The first-order chi connectivity index (χ1) is 16.1. The number of carbonyl (C=O) groups is 1. The summed E-state index contributed by atoms with van der Waals surface area (Å²) in [6.07, 6.45) is 3.37. The molecule has 172 valence electrons. The third-order valence-corrected chi connectivity index (χ3v) is 7.03. The summed E-state index contributed by atoms with van der Waals surface area (Å²) in [5.41, 5.74) is 2.96. The van der Waals surface area contributed by atoms with Gasteiger partial charge in [0, 0.05) is 44.4 Å². The summed E-state index contributed by atoms with van der Waals surface area (Å²) in [5.74, 6) is 1.74. The summed E-state index contributed by atoms with van der Waals surface area (Å²) >= 11 is 0. The lowest BCUT2D eigenvalue weighted by Gasteiger charge is -2.41. The average molecular weight is 445 g/mol. The van der Waals surface area contributed by atoms with E-state index in [0.29, 0.717) is 6.54 Å². The van der Waals surface area contributed by atoms with E-state index < -0.39 is 0 Å². The Morgan fingerprint density at radius 2 is 1.79 bits per heavy atom. The number of amides is 1. The van der Waals surface area contributed by atoms with Crippen molar-refractivity contribution in [3.63, 3.8) is 0 Å². The number of piperazine rings is 1. The Hall–Kier alpha value is -2.89. The molecule has 0 bridgehead atoms. The minimum Gasteiger partial charge on any atom is -0.497 e. The third kappa shape index (κ3) is 4.90. The molecule has 5 nitrogen and oxygen atoms in total. The first-order valence-corrected chi connectivity index (χ1v) is 12.0. The molecule has 1 amide bonds. The Labute approximate surface area is 195 Å². The summed E-state index contributed by atoms with van der Waals surface area (Å²) in [6, 6.07) is 20.6. The average Bonchev–Trinajstić information content (AvgIpc) is 3.68. The van der Waals surface area contributed by atoms with E-state index in [0.717, 1.165) is 65.2 Å². The van der Waals surface area contributed by atoms with Gasteiger partial charge in [-0.2, -0.15) is 0 Å². The van der Waals surface area contributed by atoms with Crippen molar-refractivity contribution in [2.75, 3.05) is 39.9 Å². The lowest BCUT2D eigenvalue weighted by atomic mass is 9.99. The highest BCUT2D eigenvalue weighted by atomic mass is 16.5. The maximum atomic E-state index is 13.3. The molecule has 33 heavy (non-hydrogen) atoms. The zero-order chi connectivity index (χ0) is 22.8. The normalized spacial score (nSPS) is 19.1. The van der Waals surface area contributed by atoms with Gasteiger partial charge in [0.05, 0.1) is 7.11 Å². The van der Waals surface area contributed by atoms with Crippen LogP contribution >= 0.6 is 0 Å². The second-order valence-electron chi connectivity index (χ2n) is 9.36. The number of aliphatic hydroxyl groups is 1. The van der Waals surface area contributed by atoms with Crippen LogP contribution in [-0.2, 0) is 0 Å². The van der Waals surface area contributed by atoms with Gasteiger partial charge >= 0.3 is 0 Å². The van der Waals surface area contributed by atoms with Crippen molar-refractivity contribution in [2.24, 2.45) is 5.92 Å². The van der Waals surface area contributed by atoms with E-state index >= 15 is 0 Å². The monoisotopic (exact) mass is 444 g/mol. The van der Waals surface area contributed by atoms with Crippen LogP contribution in [0.5, 0.6) is 5.75 Å². The fraction of sp³-hybridized carbons (Fsp3) is 0.393. The number of hydrogen-bond acceptors (Lipinski definition) is 4. The number of methoxy groups -OCH3 is 1. The fourth-order valence-electron chi connectivity index (χ4n) is 4.92. The number of hydrogen-bond donors (Lipinski definition) is 1. The highest BCUT2D eigenvalue weighted by Crippen LogP contribution is 2.32. The maximum absolute atomic E-state index is 13.3. The Balaban J connectivity index is 1.33. The van der Waals surface area contributed by atoms with Gasteiger partial charge in [-0.3, -0.25) is 9.69 Å².